The lowest BCUT2D eigenvalue weighted by atomic mass is 10.1. The third-order valence-electron chi connectivity index (χ3n) is 3.23. The van der Waals surface area contributed by atoms with E-state index in [0.29, 0.717) is 6.61 Å². The number of ether oxygens (including phenoxy) is 3. The van der Waals surface area contributed by atoms with Crippen molar-refractivity contribution in [3.8, 4) is 17.2 Å². The lowest BCUT2D eigenvalue weighted by molar-refractivity contribution is 0.173. The van der Waals surface area contributed by atoms with Gasteiger partial charge in [0.25, 0.3) is 0 Å². The van der Waals surface area contributed by atoms with Gasteiger partial charge in [-0.2, -0.15) is 0 Å². The van der Waals surface area contributed by atoms with E-state index in [9.17, 15) is 0 Å². The minimum Gasteiger partial charge on any atom is -0.489 e. The highest BCUT2D eigenvalue weighted by atomic mass is 16.7. The number of anilines is 1. The van der Waals surface area contributed by atoms with Gasteiger partial charge in [-0.05, 0) is 36.2 Å². The molecule has 0 spiro atoms. The summed E-state index contributed by atoms with van der Waals surface area (Å²) < 4.78 is 16.3. The molecule has 2 aromatic rings. The second kappa shape index (κ2) is 4.72. The number of hydrogen-bond acceptors (Lipinski definition) is 4. The molecule has 4 heteroatoms. The van der Waals surface area contributed by atoms with E-state index in [1.54, 1.807) is 0 Å². The fraction of sp³-hybridized carbons (Fsp3) is 0.200. The van der Waals surface area contributed by atoms with Crippen LogP contribution in [-0.2, 0) is 6.61 Å². The van der Waals surface area contributed by atoms with Gasteiger partial charge in [-0.1, -0.05) is 12.1 Å². The van der Waals surface area contributed by atoms with E-state index in [-0.39, 0.29) is 6.79 Å². The highest BCUT2D eigenvalue weighted by Gasteiger charge is 2.13. The summed E-state index contributed by atoms with van der Waals surface area (Å²) in [5.74, 6) is 2.24. The Balaban J connectivity index is 1.74. The Bertz CT molecular complexity index is 610. The molecule has 0 amide bonds. The summed E-state index contributed by atoms with van der Waals surface area (Å²) in [6.45, 7) is 2.75. The molecule has 4 nitrogen and oxygen atoms in total. The molecule has 98 valence electrons. The second-order valence-electron chi connectivity index (χ2n) is 4.44. The van der Waals surface area contributed by atoms with Crippen molar-refractivity contribution in [2.24, 2.45) is 0 Å². The maximum Gasteiger partial charge on any atom is 0.231 e. The van der Waals surface area contributed by atoms with Crippen LogP contribution < -0.4 is 19.9 Å². The third kappa shape index (κ3) is 2.29. The lowest BCUT2D eigenvalue weighted by Gasteiger charge is -2.10. The minimum absolute atomic E-state index is 0.271. The zero-order chi connectivity index (χ0) is 13.2. The van der Waals surface area contributed by atoms with Crippen molar-refractivity contribution >= 4 is 5.69 Å². The number of rotatable bonds is 3. The van der Waals surface area contributed by atoms with Crippen LogP contribution in [0.1, 0.15) is 11.1 Å². The maximum absolute atomic E-state index is 5.87. The van der Waals surface area contributed by atoms with Crippen LogP contribution in [0.5, 0.6) is 17.2 Å². The molecule has 0 bridgehead atoms. The summed E-state index contributed by atoms with van der Waals surface area (Å²) in [7, 11) is 0. The predicted molar refractivity (Wildman–Crippen MR) is 72.5 cm³/mol. The minimum atomic E-state index is 0.271. The molecule has 1 aliphatic rings. The smallest absolute Gasteiger partial charge is 0.231 e. The van der Waals surface area contributed by atoms with E-state index in [0.717, 1.165) is 34.1 Å². The monoisotopic (exact) mass is 257 g/mol. The number of benzene rings is 2. The lowest BCUT2D eigenvalue weighted by Crippen LogP contribution is -2.00. The van der Waals surface area contributed by atoms with Crippen molar-refractivity contribution < 1.29 is 14.2 Å². The second-order valence-corrected chi connectivity index (χ2v) is 4.44. The molecule has 0 saturated carbocycles. The van der Waals surface area contributed by atoms with Gasteiger partial charge < -0.3 is 19.9 Å². The molecule has 2 aromatic carbocycles. The fourth-order valence-corrected chi connectivity index (χ4v) is 1.99. The maximum atomic E-state index is 5.87. The normalized spacial score (nSPS) is 12.5. The predicted octanol–water partition coefficient (Wildman–Crippen LogP) is 2.88. The van der Waals surface area contributed by atoms with Crippen molar-refractivity contribution in [2.75, 3.05) is 12.5 Å². The number of fused-ring (bicyclic) bond motifs is 1. The van der Waals surface area contributed by atoms with Crippen LogP contribution in [0.15, 0.2) is 36.4 Å². The molecule has 2 N–H and O–H groups in total. The molecule has 0 unspecified atom stereocenters. The molecular formula is C15H15NO3. The van der Waals surface area contributed by atoms with E-state index in [1.165, 1.54) is 0 Å². The van der Waals surface area contributed by atoms with Gasteiger partial charge in [0.1, 0.15) is 12.4 Å². The molecule has 0 radical (unpaired) electrons. The summed E-state index contributed by atoms with van der Waals surface area (Å²) in [5, 5.41) is 0. The Kier molecular flexibility index (Phi) is 2.91. The summed E-state index contributed by atoms with van der Waals surface area (Å²) in [6, 6.07) is 11.4. The highest BCUT2D eigenvalue weighted by molar-refractivity contribution is 5.50. The first kappa shape index (κ1) is 11.7. The van der Waals surface area contributed by atoms with Crippen molar-refractivity contribution in [3.05, 3.63) is 47.5 Å². The van der Waals surface area contributed by atoms with E-state index in [1.807, 2.05) is 43.3 Å². The van der Waals surface area contributed by atoms with E-state index < -0.39 is 0 Å². The summed E-state index contributed by atoms with van der Waals surface area (Å²) in [5.41, 5.74) is 8.80. The molecule has 0 fully saturated rings. The van der Waals surface area contributed by atoms with Gasteiger partial charge >= 0.3 is 0 Å². The van der Waals surface area contributed by atoms with Crippen molar-refractivity contribution in [2.45, 2.75) is 13.5 Å². The van der Waals surface area contributed by atoms with Crippen LogP contribution in [0.2, 0.25) is 0 Å². The van der Waals surface area contributed by atoms with Crippen LogP contribution >= 0.6 is 0 Å². The van der Waals surface area contributed by atoms with Gasteiger partial charge in [0.15, 0.2) is 11.5 Å². The van der Waals surface area contributed by atoms with E-state index >= 15 is 0 Å². The molecule has 19 heavy (non-hydrogen) atoms. The summed E-state index contributed by atoms with van der Waals surface area (Å²) >= 11 is 0. The number of hydrogen-bond donors (Lipinski definition) is 1. The first-order valence-electron chi connectivity index (χ1n) is 6.10. The van der Waals surface area contributed by atoms with E-state index in [2.05, 4.69) is 0 Å². The summed E-state index contributed by atoms with van der Waals surface area (Å²) in [6.07, 6.45) is 0. The van der Waals surface area contributed by atoms with Gasteiger partial charge in [-0.15, -0.1) is 0 Å². The Morgan fingerprint density at radius 3 is 2.89 bits per heavy atom. The zero-order valence-electron chi connectivity index (χ0n) is 10.7. The van der Waals surface area contributed by atoms with Crippen LogP contribution in [0.25, 0.3) is 0 Å². The SMILES string of the molecule is Cc1c(N)cccc1COc1ccc2c(c1)OCO2. The Morgan fingerprint density at radius 1 is 1.16 bits per heavy atom. The first-order chi connectivity index (χ1) is 9.24. The molecule has 0 aromatic heterocycles. The van der Waals surface area contributed by atoms with Crippen LogP contribution in [-0.4, -0.2) is 6.79 Å². The average molecular weight is 257 g/mol. The van der Waals surface area contributed by atoms with Crippen molar-refractivity contribution in [1.82, 2.24) is 0 Å². The van der Waals surface area contributed by atoms with Crippen LogP contribution in [0, 0.1) is 6.92 Å². The molecule has 0 atom stereocenters. The molecular weight excluding hydrogens is 242 g/mol. The molecule has 0 aliphatic carbocycles. The largest absolute Gasteiger partial charge is 0.489 e. The standard InChI is InChI=1S/C15H15NO3/c1-10-11(3-2-4-13(10)16)8-17-12-5-6-14-15(7-12)19-9-18-14/h2-7H,8-9,16H2,1H3. The van der Waals surface area contributed by atoms with Crippen molar-refractivity contribution in [3.63, 3.8) is 0 Å². The quantitative estimate of drug-likeness (QED) is 0.859. The zero-order valence-corrected chi connectivity index (χ0v) is 10.7. The fourth-order valence-electron chi connectivity index (χ4n) is 1.99. The summed E-state index contributed by atoms with van der Waals surface area (Å²) in [4.78, 5) is 0. The van der Waals surface area contributed by atoms with E-state index in [4.69, 9.17) is 19.9 Å². The number of nitrogen functional groups attached to an aromatic ring is 1. The van der Waals surface area contributed by atoms with Gasteiger partial charge in [0, 0.05) is 11.8 Å². The Morgan fingerprint density at radius 2 is 2.00 bits per heavy atom. The highest BCUT2D eigenvalue weighted by Crippen LogP contribution is 2.35. The van der Waals surface area contributed by atoms with Crippen LogP contribution in [0.3, 0.4) is 0 Å². The van der Waals surface area contributed by atoms with Crippen molar-refractivity contribution in [1.29, 1.82) is 0 Å². The van der Waals surface area contributed by atoms with Gasteiger partial charge in [0.05, 0.1) is 0 Å². The van der Waals surface area contributed by atoms with Gasteiger partial charge in [0.2, 0.25) is 6.79 Å². The molecule has 3 rings (SSSR count). The molecule has 0 saturated heterocycles. The molecule has 1 aliphatic heterocycles. The van der Waals surface area contributed by atoms with Gasteiger partial charge in [-0.25, -0.2) is 0 Å². The molecule has 1 heterocycles. The topological polar surface area (TPSA) is 53.7 Å². The average Bonchev–Trinajstić information content (AvgIpc) is 2.88. The first-order valence-corrected chi connectivity index (χ1v) is 6.10. The number of nitrogens with two attached hydrogens (primary N) is 1. The van der Waals surface area contributed by atoms with Gasteiger partial charge in [-0.3, -0.25) is 0 Å². The Hall–Kier alpha value is -2.36. The van der Waals surface area contributed by atoms with Crippen LogP contribution in [0.4, 0.5) is 5.69 Å². The Labute approximate surface area is 111 Å². The third-order valence-corrected chi connectivity index (χ3v) is 3.23.